The molecule has 3 rings (SSSR count). The van der Waals surface area contributed by atoms with Gasteiger partial charge in [0.25, 0.3) is 0 Å². The summed E-state index contributed by atoms with van der Waals surface area (Å²) in [5.74, 6) is 0. The molecule has 3 aliphatic heterocycles. The van der Waals surface area contributed by atoms with Crippen LogP contribution in [0.1, 0.15) is 52.4 Å². The maximum Gasteiger partial charge on any atom is 0.0227 e. The molecule has 3 nitrogen and oxygen atoms in total. The summed E-state index contributed by atoms with van der Waals surface area (Å²) in [6.07, 6.45) is 8.49. The highest BCUT2D eigenvalue weighted by molar-refractivity contribution is 4.94. The van der Waals surface area contributed by atoms with Gasteiger partial charge in [-0.2, -0.15) is 0 Å². The molecule has 0 aromatic rings. The van der Waals surface area contributed by atoms with E-state index in [1.54, 1.807) is 0 Å². The lowest BCUT2D eigenvalue weighted by atomic mass is 9.92. The molecule has 3 heterocycles. The second-order valence-corrected chi connectivity index (χ2v) is 7.09. The van der Waals surface area contributed by atoms with Crippen molar-refractivity contribution in [3.8, 4) is 0 Å². The Morgan fingerprint density at radius 1 is 0.850 bits per heavy atom. The van der Waals surface area contributed by atoms with Crippen molar-refractivity contribution in [1.29, 1.82) is 0 Å². The molecule has 3 unspecified atom stereocenters. The average Bonchev–Trinajstić information content (AvgIpc) is 2.53. The molecule has 0 bridgehead atoms. The molecule has 0 aromatic heterocycles. The lowest BCUT2D eigenvalue weighted by Gasteiger charge is -2.52. The highest BCUT2D eigenvalue weighted by atomic mass is 15.3. The predicted octanol–water partition coefficient (Wildman–Crippen LogP) is 2.42. The number of likely N-dealkylation sites (tertiary alicyclic amines) is 1. The number of rotatable bonds is 3. The molecule has 0 saturated carbocycles. The molecular formula is C17H33N3. The van der Waals surface area contributed by atoms with Crippen LogP contribution in [0.4, 0.5) is 0 Å². The maximum absolute atomic E-state index is 2.91. The van der Waals surface area contributed by atoms with Crippen molar-refractivity contribution in [3.05, 3.63) is 0 Å². The first-order valence-corrected chi connectivity index (χ1v) is 9.04. The van der Waals surface area contributed by atoms with E-state index in [1.165, 1.54) is 77.8 Å². The number of hydrogen-bond acceptors (Lipinski definition) is 3. The molecule has 0 aromatic carbocycles. The van der Waals surface area contributed by atoms with Crippen LogP contribution in [0.25, 0.3) is 0 Å². The van der Waals surface area contributed by atoms with Crippen molar-refractivity contribution in [3.63, 3.8) is 0 Å². The number of hydrogen-bond donors (Lipinski definition) is 0. The Kier molecular flexibility index (Phi) is 5.00. The van der Waals surface area contributed by atoms with E-state index in [4.69, 9.17) is 0 Å². The average molecular weight is 279 g/mol. The van der Waals surface area contributed by atoms with E-state index in [-0.39, 0.29) is 0 Å². The molecule has 0 N–H and O–H groups in total. The van der Waals surface area contributed by atoms with Gasteiger partial charge in [0, 0.05) is 37.8 Å². The van der Waals surface area contributed by atoms with Gasteiger partial charge in [0.1, 0.15) is 0 Å². The van der Waals surface area contributed by atoms with Crippen LogP contribution in [-0.4, -0.2) is 72.1 Å². The van der Waals surface area contributed by atoms with Crippen LogP contribution in [0.5, 0.6) is 0 Å². The van der Waals surface area contributed by atoms with E-state index in [1.807, 2.05) is 0 Å². The van der Waals surface area contributed by atoms with E-state index in [9.17, 15) is 0 Å². The topological polar surface area (TPSA) is 9.72 Å². The zero-order valence-corrected chi connectivity index (χ0v) is 13.6. The fourth-order valence-corrected chi connectivity index (χ4v) is 4.67. The molecule has 3 atom stereocenters. The summed E-state index contributed by atoms with van der Waals surface area (Å²) in [7, 11) is 0. The third-order valence-corrected chi connectivity index (χ3v) is 5.95. The Labute approximate surface area is 125 Å². The van der Waals surface area contributed by atoms with E-state index in [2.05, 4.69) is 28.5 Å². The largest absolute Gasteiger partial charge is 0.302 e. The summed E-state index contributed by atoms with van der Waals surface area (Å²) in [5, 5.41) is 0. The van der Waals surface area contributed by atoms with Crippen LogP contribution in [0, 0.1) is 0 Å². The monoisotopic (exact) mass is 279 g/mol. The first-order chi connectivity index (χ1) is 9.81. The highest BCUT2D eigenvalue weighted by Gasteiger charge is 2.38. The van der Waals surface area contributed by atoms with Crippen molar-refractivity contribution < 1.29 is 0 Å². The fraction of sp³-hybridized carbons (Fsp3) is 1.00. The van der Waals surface area contributed by atoms with Crippen molar-refractivity contribution in [2.45, 2.75) is 70.5 Å². The minimum Gasteiger partial charge on any atom is -0.302 e. The quantitative estimate of drug-likeness (QED) is 0.785. The van der Waals surface area contributed by atoms with Gasteiger partial charge in [-0.15, -0.1) is 0 Å². The van der Waals surface area contributed by atoms with Gasteiger partial charge in [-0.05, 0) is 51.7 Å². The summed E-state index contributed by atoms with van der Waals surface area (Å²) in [6.45, 7) is 12.6. The van der Waals surface area contributed by atoms with Gasteiger partial charge in [0.2, 0.25) is 0 Å². The molecule has 3 saturated heterocycles. The standard InChI is InChI=1S/C17H33N3/c1-3-15-13-19-11-6-5-8-16(19)14-20(15)17-9-7-10-18(4-2)12-17/h15-17H,3-14H2,1-2H3. The minimum atomic E-state index is 0.811. The van der Waals surface area contributed by atoms with Crippen molar-refractivity contribution in [2.75, 3.05) is 39.3 Å². The number of likely N-dealkylation sites (N-methyl/N-ethyl adjacent to an activating group) is 1. The molecule has 20 heavy (non-hydrogen) atoms. The van der Waals surface area contributed by atoms with Crippen LogP contribution >= 0.6 is 0 Å². The number of piperazine rings is 1. The Morgan fingerprint density at radius 2 is 1.70 bits per heavy atom. The fourth-order valence-electron chi connectivity index (χ4n) is 4.67. The molecule has 3 fully saturated rings. The normalized spacial score (nSPS) is 37.8. The van der Waals surface area contributed by atoms with Crippen molar-refractivity contribution >= 4 is 0 Å². The smallest absolute Gasteiger partial charge is 0.0227 e. The van der Waals surface area contributed by atoms with Crippen molar-refractivity contribution in [1.82, 2.24) is 14.7 Å². The van der Waals surface area contributed by atoms with Crippen LogP contribution < -0.4 is 0 Å². The Hall–Kier alpha value is -0.120. The van der Waals surface area contributed by atoms with Gasteiger partial charge >= 0.3 is 0 Å². The second kappa shape index (κ2) is 6.76. The number of fused-ring (bicyclic) bond motifs is 1. The third kappa shape index (κ3) is 3.05. The van der Waals surface area contributed by atoms with E-state index in [0.717, 1.165) is 18.1 Å². The van der Waals surface area contributed by atoms with Crippen LogP contribution in [0.15, 0.2) is 0 Å². The van der Waals surface area contributed by atoms with E-state index >= 15 is 0 Å². The Morgan fingerprint density at radius 3 is 2.50 bits per heavy atom. The van der Waals surface area contributed by atoms with Gasteiger partial charge in [-0.3, -0.25) is 9.80 Å². The third-order valence-electron chi connectivity index (χ3n) is 5.95. The van der Waals surface area contributed by atoms with Crippen molar-refractivity contribution in [2.24, 2.45) is 0 Å². The first kappa shape index (κ1) is 14.8. The summed E-state index contributed by atoms with van der Waals surface area (Å²) in [4.78, 5) is 8.37. The van der Waals surface area contributed by atoms with Crippen LogP contribution in [-0.2, 0) is 0 Å². The summed E-state index contributed by atoms with van der Waals surface area (Å²) >= 11 is 0. The summed E-state index contributed by atoms with van der Waals surface area (Å²) in [5.41, 5.74) is 0. The SMILES string of the molecule is CCC1CN2CCCCC2CN1C1CCCN(CC)C1. The van der Waals surface area contributed by atoms with Gasteiger partial charge in [-0.1, -0.05) is 20.3 Å². The Balaban J connectivity index is 1.66. The molecule has 0 radical (unpaired) electrons. The van der Waals surface area contributed by atoms with Crippen LogP contribution in [0.3, 0.4) is 0 Å². The second-order valence-electron chi connectivity index (χ2n) is 7.09. The molecular weight excluding hydrogens is 246 g/mol. The summed E-state index contributed by atoms with van der Waals surface area (Å²) < 4.78 is 0. The highest BCUT2D eigenvalue weighted by Crippen LogP contribution is 2.29. The zero-order chi connectivity index (χ0) is 13.9. The maximum atomic E-state index is 2.91. The number of nitrogens with zero attached hydrogens (tertiary/aromatic N) is 3. The molecule has 3 aliphatic rings. The Bertz CT molecular complexity index is 307. The molecule has 0 amide bonds. The zero-order valence-electron chi connectivity index (χ0n) is 13.6. The van der Waals surface area contributed by atoms with E-state index < -0.39 is 0 Å². The van der Waals surface area contributed by atoms with Gasteiger partial charge < -0.3 is 4.90 Å². The molecule has 0 spiro atoms. The van der Waals surface area contributed by atoms with Gasteiger partial charge in [-0.25, -0.2) is 0 Å². The lowest BCUT2D eigenvalue weighted by molar-refractivity contribution is -0.0321. The van der Waals surface area contributed by atoms with Gasteiger partial charge in [0.05, 0.1) is 0 Å². The first-order valence-electron chi connectivity index (χ1n) is 9.04. The molecule has 0 aliphatic carbocycles. The minimum absolute atomic E-state index is 0.811. The summed E-state index contributed by atoms with van der Waals surface area (Å²) in [6, 6.07) is 2.51. The predicted molar refractivity (Wildman–Crippen MR) is 85.1 cm³/mol. The molecule has 3 heteroatoms. The number of piperidine rings is 2. The van der Waals surface area contributed by atoms with Gasteiger partial charge in [0.15, 0.2) is 0 Å². The van der Waals surface area contributed by atoms with E-state index in [0.29, 0.717) is 0 Å². The molecule has 116 valence electrons. The lowest BCUT2D eigenvalue weighted by Crippen LogP contribution is -2.63. The van der Waals surface area contributed by atoms with Crippen LogP contribution in [0.2, 0.25) is 0 Å².